The first-order valence-corrected chi connectivity index (χ1v) is 18.2. The van der Waals surface area contributed by atoms with Crippen LogP contribution in [0.1, 0.15) is 29.6 Å². The Hall–Kier alpha value is -4.23. The van der Waals surface area contributed by atoms with Crippen LogP contribution < -0.4 is 31.1 Å². The predicted molar refractivity (Wildman–Crippen MR) is 200 cm³/mol. The molecule has 1 aliphatic heterocycles. The number of carbonyl (C=O) groups is 2. The van der Waals surface area contributed by atoms with Gasteiger partial charge in [-0.2, -0.15) is 0 Å². The number of aromatic hydroxyl groups is 1. The van der Waals surface area contributed by atoms with Gasteiger partial charge in [0.1, 0.15) is 5.69 Å². The van der Waals surface area contributed by atoms with E-state index >= 15 is 0 Å². The molecule has 2 aromatic carbocycles. The van der Waals surface area contributed by atoms with Crippen LogP contribution in [0.4, 0.5) is 0 Å². The van der Waals surface area contributed by atoms with Crippen molar-refractivity contribution in [3.63, 3.8) is 0 Å². The van der Waals surface area contributed by atoms with Gasteiger partial charge in [0.25, 0.3) is 5.56 Å². The highest BCUT2D eigenvalue weighted by atomic mass is 127. The molecule has 0 bridgehead atoms. The maximum atomic E-state index is 14.2. The van der Waals surface area contributed by atoms with Crippen LogP contribution in [0.5, 0.6) is 23.0 Å². The molecule has 0 spiro atoms. The number of fused-ring (bicyclic) bond motifs is 4. The van der Waals surface area contributed by atoms with Crippen LogP contribution in [-0.4, -0.2) is 61.5 Å². The van der Waals surface area contributed by atoms with Crippen molar-refractivity contribution in [2.75, 3.05) is 21.3 Å². The van der Waals surface area contributed by atoms with E-state index in [1.165, 1.54) is 41.3 Å². The minimum Gasteiger partial charge on any atom is -0.503 e. The van der Waals surface area contributed by atoms with Gasteiger partial charge in [-0.15, -0.1) is 0 Å². The number of nitrogens with zero attached hydrogens (tertiary/aromatic N) is 5. The van der Waals surface area contributed by atoms with E-state index < -0.39 is 28.9 Å². The van der Waals surface area contributed by atoms with Crippen molar-refractivity contribution in [2.45, 2.75) is 37.9 Å². The number of carbonyl (C=O) groups excluding carboxylic acids is 2. The second kappa shape index (κ2) is 13.1. The van der Waals surface area contributed by atoms with E-state index in [2.05, 4.69) is 36.8 Å². The molecule has 51 heavy (non-hydrogen) atoms. The highest BCUT2D eigenvalue weighted by molar-refractivity contribution is 14.1. The number of phenolic OH excluding ortho intramolecular Hbond substituents is 1. The van der Waals surface area contributed by atoms with Gasteiger partial charge in [-0.05, 0) is 71.7 Å². The van der Waals surface area contributed by atoms with Gasteiger partial charge in [-0.25, -0.2) is 28.5 Å². The highest BCUT2D eigenvalue weighted by Crippen LogP contribution is 2.54. The zero-order valence-corrected chi connectivity index (χ0v) is 32.8. The number of methoxy groups -OCH3 is 3. The lowest BCUT2D eigenvalue weighted by Gasteiger charge is -2.40. The molecule has 0 saturated heterocycles. The van der Waals surface area contributed by atoms with E-state index in [1.807, 2.05) is 22.6 Å². The lowest BCUT2D eigenvalue weighted by molar-refractivity contribution is -0.115. The minimum absolute atomic E-state index is 0.00189. The topological polar surface area (TPSA) is 166 Å². The number of rotatable bonds is 7. The SMILES string of the molecule is COc1cc2nc(CCn3c(=O)n4n(c3=O)C3CC5=C(C(=O)C(I)=CC5=O)C(c5cc(OC)c(O)c(Br)c5Br)C3=CC4)c(=O)n(C)c2cc1OC. The maximum absolute atomic E-state index is 14.2. The fourth-order valence-corrected chi connectivity index (χ4v) is 8.66. The summed E-state index contributed by atoms with van der Waals surface area (Å²) < 4.78 is 22.3. The van der Waals surface area contributed by atoms with Crippen LogP contribution in [0.15, 0.2) is 74.0 Å². The van der Waals surface area contributed by atoms with Gasteiger partial charge < -0.3 is 23.9 Å². The first-order chi connectivity index (χ1) is 24.3. The number of hydrogen-bond donors (Lipinski definition) is 1. The summed E-state index contributed by atoms with van der Waals surface area (Å²) >= 11 is 8.81. The molecule has 0 saturated carbocycles. The molecule has 2 aromatic heterocycles. The summed E-state index contributed by atoms with van der Waals surface area (Å²) in [5, 5.41) is 10.7. The van der Waals surface area contributed by atoms with Gasteiger partial charge in [0.05, 0.1) is 53.0 Å². The molecule has 4 aromatic rings. The summed E-state index contributed by atoms with van der Waals surface area (Å²) in [6.07, 6.45) is 3.05. The standard InChI is InChI=1S/C34H28Br2IN5O9/c1-39-21-13-24(50-3)23(49-2)12-19(21)38-18(32(39)46)6-7-40-33(47)41-8-5-14-20(42(41)34(40)48)9-15-22(43)11-17(37)30(44)27(15)26(14)16-10-25(51-4)31(45)29(36)28(16)35/h5,10-13,20,26,45H,6-9H2,1-4H3. The lowest BCUT2D eigenvalue weighted by Crippen LogP contribution is -2.40. The molecule has 2 unspecified atom stereocenters. The van der Waals surface area contributed by atoms with Gasteiger partial charge in [0, 0.05) is 66.2 Å². The van der Waals surface area contributed by atoms with Crippen molar-refractivity contribution in [3.8, 4) is 23.0 Å². The number of halogens is 3. The first kappa shape index (κ1) is 35.2. The second-order valence-electron chi connectivity index (χ2n) is 12.1. The van der Waals surface area contributed by atoms with E-state index in [9.17, 15) is 29.1 Å². The minimum atomic E-state index is -0.826. The van der Waals surface area contributed by atoms with Gasteiger partial charge >= 0.3 is 11.4 Å². The van der Waals surface area contributed by atoms with E-state index in [1.54, 1.807) is 31.3 Å². The number of allylic oxidation sites excluding steroid dienone is 6. The molecule has 2 atom stereocenters. The van der Waals surface area contributed by atoms with Gasteiger partial charge in [-0.3, -0.25) is 14.4 Å². The summed E-state index contributed by atoms with van der Waals surface area (Å²) in [6.45, 7) is -0.135. The number of ether oxygens (including phenoxy) is 3. The summed E-state index contributed by atoms with van der Waals surface area (Å²) in [7, 11) is 5.98. The van der Waals surface area contributed by atoms with Crippen molar-refractivity contribution in [2.24, 2.45) is 7.05 Å². The zero-order valence-electron chi connectivity index (χ0n) is 27.5. The Kier molecular flexibility index (Phi) is 9.02. The molecule has 0 radical (unpaired) electrons. The van der Waals surface area contributed by atoms with Crippen LogP contribution in [-0.2, 0) is 36.1 Å². The Morgan fingerprint density at radius 3 is 2.33 bits per heavy atom. The molecule has 264 valence electrons. The number of hydrogen-bond acceptors (Lipinski definition) is 10. The van der Waals surface area contributed by atoms with Crippen LogP contribution in [0.25, 0.3) is 11.0 Å². The van der Waals surface area contributed by atoms with Crippen LogP contribution >= 0.6 is 54.5 Å². The Balaban J connectivity index is 1.32. The average molecular weight is 937 g/mol. The normalized spacial score (nSPS) is 18.3. The molecule has 1 N–H and O–H groups in total. The third kappa shape index (κ3) is 5.37. The molecule has 0 amide bonds. The fourth-order valence-electron chi connectivity index (χ4n) is 7.13. The van der Waals surface area contributed by atoms with Crippen molar-refractivity contribution in [1.82, 2.24) is 23.5 Å². The highest BCUT2D eigenvalue weighted by Gasteiger charge is 2.46. The molecule has 0 fully saturated rings. The summed E-state index contributed by atoms with van der Waals surface area (Å²) in [6, 6.07) is 4.09. The fraction of sp³-hybridized carbons (Fsp3) is 0.294. The lowest BCUT2D eigenvalue weighted by atomic mass is 9.69. The van der Waals surface area contributed by atoms with Crippen molar-refractivity contribution in [1.29, 1.82) is 0 Å². The number of aromatic nitrogens is 5. The van der Waals surface area contributed by atoms with E-state index in [0.717, 1.165) is 4.57 Å². The van der Waals surface area contributed by atoms with E-state index in [-0.39, 0.29) is 73.9 Å². The van der Waals surface area contributed by atoms with Crippen LogP contribution in [0, 0.1) is 0 Å². The van der Waals surface area contributed by atoms with Gasteiger partial charge in [0.2, 0.25) is 0 Å². The third-order valence-corrected chi connectivity index (χ3v) is 12.6. The number of phenols is 1. The maximum Gasteiger partial charge on any atom is 0.347 e. The van der Waals surface area contributed by atoms with Crippen molar-refractivity contribution < 1.29 is 28.9 Å². The van der Waals surface area contributed by atoms with Gasteiger partial charge in [0.15, 0.2) is 34.6 Å². The second-order valence-corrected chi connectivity index (χ2v) is 14.8. The van der Waals surface area contributed by atoms with Crippen molar-refractivity contribution >= 4 is 77.1 Å². The summed E-state index contributed by atoms with van der Waals surface area (Å²) in [4.78, 5) is 73.2. The van der Waals surface area contributed by atoms with E-state index in [4.69, 9.17) is 14.2 Å². The summed E-state index contributed by atoms with van der Waals surface area (Å²) in [5.41, 5.74) is 1.17. The van der Waals surface area contributed by atoms with Crippen LogP contribution in [0.2, 0.25) is 0 Å². The monoisotopic (exact) mass is 935 g/mol. The largest absolute Gasteiger partial charge is 0.503 e. The summed E-state index contributed by atoms with van der Waals surface area (Å²) in [5.74, 6) is -0.678. The molecule has 14 nitrogen and oxygen atoms in total. The molecule has 2 aliphatic carbocycles. The molecule has 3 aliphatic rings. The number of benzene rings is 2. The number of aryl methyl sites for hydroxylation is 2. The number of Topliss-reactive ketones (excluding diaryl/α,β-unsaturated/α-hetero) is 1. The molecular weight excluding hydrogens is 909 g/mol. The molecule has 3 heterocycles. The quantitative estimate of drug-likeness (QED) is 0.163. The third-order valence-electron chi connectivity index (χ3n) is 9.61. The average Bonchev–Trinajstić information content (AvgIpc) is 3.37. The molecule has 17 heteroatoms. The Morgan fingerprint density at radius 2 is 1.65 bits per heavy atom. The smallest absolute Gasteiger partial charge is 0.347 e. The van der Waals surface area contributed by atoms with Crippen LogP contribution in [0.3, 0.4) is 0 Å². The van der Waals surface area contributed by atoms with Crippen molar-refractivity contribution in [3.05, 3.63) is 102 Å². The Labute approximate surface area is 319 Å². The molecule has 7 rings (SSSR count). The van der Waals surface area contributed by atoms with Gasteiger partial charge in [-0.1, -0.05) is 6.08 Å². The number of ketones is 2. The Morgan fingerprint density at radius 1 is 0.961 bits per heavy atom. The molecular formula is C34H28Br2IN5O9. The Bertz CT molecular complexity index is 2520. The zero-order chi connectivity index (χ0) is 36.6. The predicted octanol–water partition coefficient (Wildman–Crippen LogP) is 3.99. The first-order valence-electron chi connectivity index (χ1n) is 15.5. The van der Waals surface area contributed by atoms with E-state index in [0.29, 0.717) is 38.1 Å².